The highest BCUT2D eigenvalue weighted by Crippen LogP contribution is 2.13. The number of benzene rings is 3. The normalized spacial score (nSPS) is 13.1. The molecule has 4 N–H and O–H groups in total. The van der Waals surface area contributed by atoms with Crippen LogP contribution in [0.25, 0.3) is 0 Å². The second kappa shape index (κ2) is 17.2. The average molecular weight is 566 g/mol. The van der Waals surface area contributed by atoms with Crippen molar-refractivity contribution in [3.63, 3.8) is 0 Å². The van der Waals surface area contributed by atoms with Gasteiger partial charge in [0.2, 0.25) is 5.91 Å². The predicted octanol–water partition coefficient (Wildman–Crippen LogP) is 3.92. The first-order chi connectivity index (χ1) is 19.5. The number of nitrogens with one attached hydrogen (secondary N) is 3. The van der Waals surface area contributed by atoms with Crippen LogP contribution in [0.15, 0.2) is 84.9 Å². The maximum Gasteiger partial charge on any atom is 0.408 e. The van der Waals surface area contributed by atoms with Crippen LogP contribution in [-0.2, 0) is 29.1 Å². The van der Waals surface area contributed by atoms with Crippen LogP contribution in [-0.4, -0.2) is 61.0 Å². The van der Waals surface area contributed by atoms with Gasteiger partial charge in [0.1, 0.15) is 18.4 Å². The number of hydrogen-bond donors (Lipinski definition) is 4. The summed E-state index contributed by atoms with van der Waals surface area (Å²) in [5.74, 6) is 1.07. The van der Waals surface area contributed by atoms with E-state index in [0.717, 1.165) is 22.4 Å². The SMILES string of the molecule is COc1cccc(CNC[C@@H](O)[C@H](Cc2ccccc2)NC(=O)[C@H](CCSC)NC(=O)OCc2ccccc2)c1. The second-order valence-corrected chi connectivity index (χ2v) is 10.4. The highest BCUT2D eigenvalue weighted by atomic mass is 32.2. The fraction of sp³-hybridized carbons (Fsp3) is 0.355. The number of methoxy groups -OCH3 is 1. The van der Waals surface area contributed by atoms with E-state index < -0.39 is 24.3 Å². The summed E-state index contributed by atoms with van der Waals surface area (Å²) in [6.07, 6.45) is 1.27. The van der Waals surface area contributed by atoms with E-state index in [4.69, 9.17) is 9.47 Å². The van der Waals surface area contributed by atoms with E-state index in [-0.39, 0.29) is 19.1 Å². The van der Waals surface area contributed by atoms with E-state index in [1.54, 1.807) is 18.9 Å². The van der Waals surface area contributed by atoms with Crippen molar-refractivity contribution in [1.29, 1.82) is 0 Å². The minimum Gasteiger partial charge on any atom is -0.497 e. The number of amides is 2. The Morgan fingerprint density at radius 2 is 1.57 bits per heavy atom. The van der Waals surface area contributed by atoms with E-state index in [1.165, 1.54) is 0 Å². The summed E-state index contributed by atoms with van der Waals surface area (Å²) >= 11 is 1.58. The number of carbonyl (C=O) groups excluding carboxylic acids is 2. The molecule has 3 aromatic rings. The zero-order valence-corrected chi connectivity index (χ0v) is 23.9. The molecular formula is C31H39N3O5S. The third-order valence-electron chi connectivity index (χ3n) is 6.34. The maximum atomic E-state index is 13.4. The van der Waals surface area contributed by atoms with E-state index in [0.29, 0.717) is 25.1 Å². The number of alkyl carbamates (subject to hydrolysis) is 1. The van der Waals surface area contributed by atoms with Gasteiger partial charge >= 0.3 is 6.09 Å². The molecule has 0 aliphatic heterocycles. The van der Waals surface area contributed by atoms with Crippen LogP contribution in [0, 0.1) is 0 Å². The van der Waals surface area contributed by atoms with Gasteiger partial charge in [-0.15, -0.1) is 0 Å². The minimum absolute atomic E-state index is 0.109. The van der Waals surface area contributed by atoms with Crippen LogP contribution in [0.2, 0.25) is 0 Å². The first-order valence-corrected chi connectivity index (χ1v) is 14.7. The number of carbonyl (C=O) groups is 2. The summed E-state index contributed by atoms with van der Waals surface area (Å²) in [6, 6.07) is 25.4. The Bertz CT molecular complexity index is 1170. The van der Waals surface area contributed by atoms with E-state index in [2.05, 4.69) is 16.0 Å². The molecule has 40 heavy (non-hydrogen) atoms. The Hall–Kier alpha value is -3.53. The Morgan fingerprint density at radius 1 is 0.900 bits per heavy atom. The van der Waals surface area contributed by atoms with Crippen molar-refractivity contribution in [3.8, 4) is 5.75 Å². The molecular weight excluding hydrogens is 526 g/mol. The van der Waals surface area contributed by atoms with Gasteiger partial charge in [-0.3, -0.25) is 4.79 Å². The summed E-state index contributed by atoms with van der Waals surface area (Å²) in [5.41, 5.74) is 2.86. The Balaban J connectivity index is 1.63. The van der Waals surface area contributed by atoms with Gasteiger partial charge in [-0.25, -0.2) is 4.79 Å². The molecule has 0 bridgehead atoms. The number of aliphatic hydroxyl groups is 1. The molecule has 3 rings (SSSR count). The number of rotatable bonds is 16. The first kappa shape index (κ1) is 31.0. The first-order valence-electron chi connectivity index (χ1n) is 13.3. The molecule has 0 aliphatic carbocycles. The van der Waals surface area contributed by atoms with Crippen LogP contribution >= 0.6 is 11.8 Å². The van der Waals surface area contributed by atoms with Gasteiger partial charge in [-0.05, 0) is 53.7 Å². The van der Waals surface area contributed by atoms with Gasteiger partial charge < -0.3 is 30.5 Å². The van der Waals surface area contributed by atoms with E-state index in [1.807, 2.05) is 91.2 Å². The molecule has 0 fully saturated rings. The minimum atomic E-state index is -0.874. The fourth-order valence-electron chi connectivity index (χ4n) is 4.14. The lowest BCUT2D eigenvalue weighted by atomic mass is 10.00. The van der Waals surface area contributed by atoms with Gasteiger partial charge in [0.05, 0.1) is 19.3 Å². The van der Waals surface area contributed by atoms with Gasteiger partial charge in [0, 0.05) is 13.1 Å². The molecule has 0 aliphatic rings. The van der Waals surface area contributed by atoms with Gasteiger partial charge in [-0.1, -0.05) is 72.8 Å². The average Bonchev–Trinajstić information content (AvgIpc) is 2.99. The lowest BCUT2D eigenvalue weighted by Gasteiger charge is -2.27. The summed E-state index contributed by atoms with van der Waals surface area (Å²) in [6.45, 7) is 0.903. The number of hydrogen-bond acceptors (Lipinski definition) is 7. The number of aliphatic hydroxyl groups excluding tert-OH is 1. The standard InChI is InChI=1S/C31H39N3O5S/c1-38-26-15-9-14-25(18-26)20-32-21-29(35)28(19-23-10-5-3-6-11-23)33-30(36)27(16-17-40-2)34-31(37)39-22-24-12-7-4-8-13-24/h3-15,18,27-29,32,35H,16-17,19-22H2,1-2H3,(H,33,36)(H,34,37)/t27-,28-,29+/m0/s1. The van der Waals surface area contributed by atoms with Gasteiger partial charge in [0.15, 0.2) is 0 Å². The summed E-state index contributed by atoms with van der Waals surface area (Å²) in [5, 5.41) is 20.1. The molecule has 3 atom stereocenters. The molecule has 3 aromatic carbocycles. The van der Waals surface area contributed by atoms with Crippen LogP contribution < -0.4 is 20.7 Å². The molecule has 0 saturated heterocycles. The molecule has 214 valence electrons. The molecule has 0 spiro atoms. The van der Waals surface area contributed by atoms with Crippen molar-refractivity contribution in [2.45, 2.75) is 44.2 Å². The maximum absolute atomic E-state index is 13.4. The zero-order chi connectivity index (χ0) is 28.6. The van der Waals surface area contributed by atoms with Gasteiger partial charge in [-0.2, -0.15) is 11.8 Å². The van der Waals surface area contributed by atoms with E-state index >= 15 is 0 Å². The monoisotopic (exact) mass is 565 g/mol. The lowest BCUT2D eigenvalue weighted by molar-refractivity contribution is -0.124. The van der Waals surface area contributed by atoms with Crippen LogP contribution in [0.1, 0.15) is 23.1 Å². The predicted molar refractivity (Wildman–Crippen MR) is 159 cm³/mol. The van der Waals surface area contributed by atoms with Crippen molar-refractivity contribution < 1.29 is 24.2 Å². The quantitative estimate of drug-likeness (QED) is 0.209. The second-order valence-electron chi connectivity index (χ2n) is 9.39. The summed E-state index contributed by atoms with van der Waals surface area (Å²) in [4.78, 5) is 25.9. The van der Waals surface area contributed by atoms with Crippen molar-refractivity contribution in [3.05, 3.63) is 102 Å². The zero-order valence-electron chi connectivity index (χ0n) is 23.0. The lowest BCUT2D eigenvalue weighted by Crippen LogP contribution is -2.55. The van der Waals surface area contributed by atoms with Crippen molar-refractivity contribution in [1.82, 2.24) is 16.0 Å². The van der Waals surface area contributed by atoms with Gasteiger partial charge in [0.25, 0.3) is 0 Å². The van der Waals surface area contributed by atoms with E-state index in [9.17, 15) is 14.7 Å². The molecule has 0 heterocycles. The molecule has 9 heteroatoms. The molecule has 2 amide bonds. The van der Waals surface area contributed by atoms with Crippen LogP contribution in [0.4, 0.5) is 4.79 Å². The third kappa shape index (κ3) is 10.9. The third-order valence-corrected chi connectivity index (χ3v) is 6.98. The highest BCUT2D eigenvalue weighted by Gasteiger charge is 2.27. The summed E-state index contributed by atoms with van der Waals surface area (Å²) in [7, 11) is 1.62. The fourth-order valence-corrected chi connectivity index (χ4v) is 4.61. The molecule has 0 saturated carbocycles. The molecule has 0 radical (unpaired) electrons. The molecule has 0 unspecified atom stereocenters. The number of ether oxygens (including phenoxy) is 2. The topological polar surface area (TPSA) is 109 Å². The smallest absolute Gasteiger partial charge is 0.408 e. The van der Waals surface area contributed by atoms with Crippen molar-refractivity contribution in [2.75, 3.05) is 25.7 Å². The molecule has 0 aromatic heterocycles. The van der Waals surface area contributed by atoms with Crippen molar-refractivity contribution >= 4 is 23.8 Å². The highest BCUT2D eigenvalue weighted by molar-refractivity contribution is 7.98. The largest absolute Gasteiger partial charge is 0.497 e. The van der Waals surface area contributed by atoms with Crippen LogP contribution in [0.3, 0.4) is 0 Å². The molecule has 8 nitrogen and oxygen atoms in total. The summed E-state index contributed by atoms with van der Waals surface area (Å²) < 4.78 is 10.6. The Kier molecular flexibility index (Phi) is 13.3. The number of thioether (sulfide) groups is 1. The van der Waals surface area contributed by atoms with Crippen molar-refractivity contribution in [2.24, 2.45) is 0 Å². The van der Waals surface area contributed by atoms with Crippen LogP contribution in [0.5, 0.6) is 5.75 Å². The Labute approximate surface area is 240 Å². The Morgan fingerprint density at radius 3 is 2.25 bits per heavy atom.